The van der Waals surface area contributed by atoms with Crippen LogP contribution < -0.4 is 5.32 Å². The lowest BCUT2D eigenvalue weighted by Gasteiger charge is -2.30. The first-order valence-corrected chi connectivity index (χ1v) is 7.52. The highest BCUT2D eigenvalue weighted by molar-refractivity contribution is 5.85. The molecule has 0 aliphatic carbocycles. The number of nitrogens with one attached hydrogen (secondary N) is 1. The largest absolute Gasteiger partial charge is 0.339 e. The minimum absolute atomic E-state index is 0. The summed E-state index contributed by atoms with van der Waals surface area (Å²) in [5.41, 5.74) is 2.65. The van der Waals surface area contributed by atoms with E-state index in [1.807, 2.05) is 0 Å². The topological polar surface area (TPSA) is 54.2 Å². The highest BCUT2D eigenvalue weighted by atomic mass is 35.5. The molecule has 120 valence electrons. The summed E-state index contributed by atoms with van der Waals surface area (Å²) in [5.74, 6) is 1.52. The molecule has 1 unspecified atom stereocenters. The Labute approximate surface area is 137 Å². The molecule has 1 aliphatic rings. The van der Waals surface area contributed by atoms with Gasteiger partial charge in [0.05, 0.1) is 6.04 Å². The summed E-state index contributed by atoms with van der Waals surface area (Å²) in [6.07, 6.45) is 1.73. The van der Waals surface area contributed by atoms with Crippen LogP contribution in [0.4, 0.5) is 0 Å². The van der Waals surface area contributed by atoms with E-state index >= 15 is 0 Å². The molecule has 22 heavy (non-hydrogen) atoms. The Bertz CT molecular complexity index is 601. The SMILES string of the molecule is Cc1ccccc1CCc1nc(C2CNCCN2C)no1.Cl. The summed E-state index contributed by atoms with van der Waals surface area (Å²) in [6.45, 7) is 5.05. The van der Waals surface area contributed by atoms with E-state index in [2.05, 4.69) is 58.6 Å². The predicted octanol–water partition coefficient (Wildman–Crippen LogP) is 2.16. The van der Waals surface area contributed by atoms with Crippen LogP contribution in [0, 0.1) is 6.92 Å². The number of rotatable bonds is 4. The van der Waals surface area contributed by atoms with Crippen molar-refractivity contribution in [1.82, 2.24) is 20.4 Å². The van der Waals surface area contributed by atoms with E-state index in [0.717, 1.165) is 44.2 Å². The molecule has 0 bridgehead atoms. The Morgan fingerprint density at radius 2 is 2.14 bits per heavy atom. The van der Waals surface area contributed by atoms with E-state index in [9.17, 15) is 0 Å². The number of halogens is 1. The van der Waals surface area contributed by atoms with Crippen molar-refractivity contribution in [2.45, 2.75) is 25.8 Å². The number of aromatic nitrogens is 2. The van der Waals surface area contributed by atoms with Gasteiger partial charge in [0, 0.05) is 26.1 Å². The fourth-order valence-electron chi connectivity index (χ4n) is 2.73. The van der Waals surface area contributed by atoms with Gasteiger partial charge in [-0.2, -0.15) is 4.98 Å². The van der Waals surface area contributed by atoms with Crippen molar-refractivity contribution < 1.29 is 4.52 Å². The zero-order chi connectivity index (χ0) is 14.7. The Balaban J connectivity index is 0.00000176. The van der Waals surface area contributed by atoms with Gasteiger partial charge in [0.25, 0.3) is 0 Å². The molecule has 3 rings (SSSR count). The van der Waals surface area contributed by atoms with Gasteiger partial charge in [-0.25, -0.2) is 0 Å². The maximum Gasteiger partial charge on any atom is 0.227 e. The quantitative estimate of drug-likeness (QED) is 0.935. The first-order valence-electron chi connectivity index (χ1n) is 7.52. The van der Waals surface area contributed by atoms with Crippen LogP contribution in [0.2, 0.25) is 0 Å². The van der Waals surface area contributed by atoms with Gasteiger partial charge < -0.3 is 9.84 Å². The Kier molecular flexibility index (Phi) is 5.94. The van der Waals surface area contributed by atoms with Gasteiger partial charge in [-0.1, -0.05) is 29.4 Å². The first kappa shape index (κ1) is 16.9. The number of aryl methyl sites for hydroxylation is 3. The molecule has 1 aliphatic heterocycles. The minimum atomic E-state index is 0. The highest BCUT2D eigenvalue weighted by Gasteiger charge is 2.25. The first-order chi connectivity index (χ1) is 10.2. The summed E-state index contributed by atoms with van der Waals surface area (Å²) in [6, 6.07) is 8.65. The molecule has 1 N–H and O–H groups in total. The average Bonchev–Trinajstić information content (AvgIpc) is 2.96. The Morgan fingerprint density at radius 1 is 1.32 bits per heavy atom. The molecule has 5 nitrogen and oxygen atoms in total. The maximum atomic E-state index is 5.41. The predicted molar refractivity (Wildman–Crippen MR) is 88.4 cm³/mol. The van der Waals surface area contributed by atoms with Crippen molar-refractivity contribution in [3.63, 3.8) is 0 Å². The van der Waals surface area contributed by atoms with E-state index in [4.69, 9.17) is 4.52 Å². The molecule has 0 saturated carbocycles. The summed E-state index contributed by atoms with van der Waals surface area (Å²) in [5, 5.41) is 7.53. The van der Waals surface area contributed by atoms with Gasteiger partial charge in [-0.15, -0.1) is 12.4 Å². The number of hydrogen-bond acceptors (Lipinski definition) is 5. The Hall–Kier alpha value is -1.43. The van der Waals surface area contributed by atoms with Crippen LogP contribution in [0.1, 0.15) is 28.9 Å². The van der Waals surface area contributed by atoms with Crippen molar-refractivity contribution in [3.8, 4) is 0 Å². The third kappa shape index (κ3) is 3.85. The van der Waals surface area contributed by atoms with Crippen LogP contribution in [-0.4, -0.2) is 41.7 Å². The molecule has 1 aromatic heterocycles. The molecule has 1 aromatic carbocycles. The van der Waals surface area contributed by atoms with Crippen LogP contribution in [0.15, 0.2) is 28.8 Å². The molecule has 0 spiro atoms. The van der Waals surface area contributed by atoms with Crippen molar-refractivity contribution in [1.29, 1.82) is 0 Å². The lowest BCUT2D eigenvalue weighted by Crippen LogP contribution is -2.44. The van der Waals surface area contributed by atoms with Crippen molar-refractivity contribution in [2.24, 2.45) is 0 Å². The second-order valence-electron chi connectivity index (χ2n) is 5.67. The molecule has 1 fully saturated rings. The number of benzene rings is 1. The normalized spacial score (nSPS) is 18.9. The molecule has 2 heterocycles. The van der Waals surface area contributed by atoms with Crippen LogP contribution in [-0.2, 0) is 12.8 Å². The van der Waals surface area contributed by atoms with E-state index < -0.39 is 0 Å². The number of nitrogens with zero attached hydrogens (tertiary/aromatic N) is 3. The third-order valence-corrected chi connectivity index (χ3v) is 4.16. The second kappa shape index (κ2) is 7.72. The van der Waals surface area contributed by atoms with Gasteiger partial charge in [-0.05, 0) is 31.5 Å². The summed E-state index contributed by atoms with van der Waals surface area (Å²) in [4.78, 5) is 6.84. The fourth-order valence-corrected chi connectivity index (χ4v) is 2.73. The molecule has 6 heteroatoms. The molecule has 2 aromatic rings. The minimum Gasteiger partial charge on any atom is -0.339 e. The van der Waals surface area contributed by atoms with Crippen LogP contribution >= 0.6 is 12.4 Å². The summed E-state index contributed by atoms with van der Waals surface area (Å²) >= 11 is 0. The molecular formula is C16H23ClN4O. The van der Waals surface area contributed by atoms with Gasteiger partial charge in [0.15, 0.2) is 5.82 Å². The van der Waals surface area contributed by atoms with Crippen LogP contribution in [0.3, 0.4) is 0 Å². The standard InChI is InChI=1S/C16H22N4O.ClH/c1-12-5-3-4-6-13(12)7-8-15-18-16(19-21-15)14-11-17-9-10-20(14)2;/h3-6,14,17H,7-11H2,1-2H3;1H. The van der Waals surface area contributed by atoms with Gasteiger partial charge in [0.1, 0.15) is 0 Å². The zero-order valence-corrected chi connectivity index (χ0v) is 13.9. The van der Waals surface area contributed by atoms with Crippen LogP contribution in [0.25, 0.3) is 0 Å². The Morgan fingerprint density at radius 3 is 2.91 bits per heavy atom. The monoisotopic (exact) mass is 322 g/mol. The lowest BCUT2D eigenvalue weighted by atomic mass is 10.0. The van der Waals surface area contributed by atoms with Gasteiger partial charge in [0.2, 0.25) is 5.89 Å². The molecule has 1 atom stereocenters. The van der Waals surface area contributed by atoms with Crippen LogP contribution in [0.5, 0.6) is 0 Å². The second-order valence-corrected chi connectivity index (χ2v) is 5.67. The molecular weight excluding hydrogens is 300 g/mol. The third-order valence-electron chi connectivity index (χ3n) is 4.16. The molecule has 0 amide bonds. The summed E-state index contributed by atoms with van der Waals surface area (Å²) in [7, 11) is 2.11. The summed E-state index contributed by atoms with van der Waals surface area (Å²) < 4.78 is 5.41. The van der Waals surface area contributed by atoms with Crippen molar-refractivity contribution in [2.75, 3.05) is 26.7 Å². The maximum absolute atomic E-state index is 5.41. The molecule has 0 radical (unpaired) electrons. The number of piperazine rings is 1. The van der Waals surface area contributed by atoms with Crippen molar-refractivity contribution >= 4 is 12.4 Å². The smallest absolute Gasteiger partial charge is 0.227 e. The average molecular weight is 323 g/mol. The number of hydrogen-bond donors (Lipinski definition) is 1. The lowest BCUT2D eigenvalue weighted by molar-refractivity contribution is 0.190. The van der Waals surface area contributed by atoms with E-state index in [1.54, 1.807) is 0 Å². The highest BCUT2D eigenvalue weighted by Crippen LogP contribution is 2.18. The number of likely N-dealkylation sites (N-methyl/N-ethyl adjacent to an activating group) is 1. The van der Waals surface area contributed by atoms with E-state index in [-0.39, 0.29) is 18.4 Å². The van der Waals surface area contributed by atoms with E-state index in [0.29, 0.717) is 0 Å². The fraction of sp³-hybridized carbons (Fsp3) is 0.500. The van der Waals surface area contributed by atoms with E-state index in [1.165, 1.54) is 11.1 Å². The van der Waals surface area contributed by atoms with Gasteiger partial charge >= 0.3 is 0 Å². The molecule has 1 saturated heterocycles. The van der Waals surface area contributed by atoms with Gasteiger partial charge in [-0.3, -0.25) is 4.90 Å². The van der Waals surface area contributed by atoms with Crippen molar-refractivity contribution in [3.05, 3.63) is 47.1 Å². The zero-order valence-electron chi connectivity index (χ0n) is 13.1.